The molecule has 0 saturated carbocycles. The lowest BCUT2D eigenvalue weighted by atomic mass is 10.2. The number of nitrogens with one attached hydrogen (secondary N) is 1. The Morgan fingerprint density at radius 2 is 2.14 bits per heavy atom. The van der Waals surface area contributed by atoms with Crippen LogP contribution in [0, 0.1) is 13.8 Å². The maximum absolute atomic E-state index is 12.4. The van der Waals surface area contributed by atoms with Gasteiger partial charge in [0.25, 0.3) is 5.91 Å². The van der Waals surface area contributed by atoms with Crippen LogP contribution in [-0.4, -0.2) is 20.5 Å². The van der Waals surface area contributed by atoms with Gasteiger partial charge in [0.1, 0.15) is 0 Å². The summed E-state index contributed by atoms with van der Waals surface area (Å²) in [6.45, 7) is 5.88. The van der Waals surface area contributed by atoms with Crippen LogP contribution in [0.1, 0.15) is 38.9 Å². The van der Waals surface area contributed by atoms with Gasteiger partial charge in [-0.25, -0.2) is 0 Å². The summed E-state index contributed by atoms with van der Waals surface area (Å²) in [5, 5.41) is 11.3. The summed E-state index contributed by atoms with van der Waals surface area (Å²) in [5.41, 5.74) is 1.51. The Morgan fingerprint density at radius 3 is 2.86 bits per heavy atom. The summed E-state index contributed by atoms with van der Waals surface area (Å²) in [7, 11) is 0. The third-order valence-electron chi connectivity index (χ3n) is 3.36. The predicted molar refractivity (Wildman–Crippen MR) is 82.7 cm³/mol. The van der Waals surface area contributed by atoms with Gasteiger partial charge in [-0.05, 0) is 39.0 Å². The zero-order valence-electron chi connectivity index (χ0n) is 12.1. The van der Waals surface area contributed by atoms with E-state index in [0.717, 1.165) is 26.8 Å². The molecule has 1 atom stereocenters. The minimum absolute atomic E-state index is 0.0722. The molecule has 0 saturated heterocycles. The number of carbonyl (C=O) groups is 1. The number of hydrogen-bond donors (Lipinski definition) is 1. The van der Waals surface area contributed by atoms with E-state index in [-0.39, 0.29) is 11.9 Å². The van der Waals surface area contributed by atoms with Gasteiger partial charge in [-0.2, -0.15) is 0 Å². The van der Waals surface area contributed by atoms with Crippen LogP contribution < -0.4 is 5.32 Å². The van der Waals surface area contributed by atoms with Crippen LogP contribution in [0.4, 0.5) is 0 Å². The third-order valence-corrected chi connectivity index (χ3v) is 4.33. The molecule has 3 aromatic heterocycles. The molecule has 0 aliphatic carbocycles. The number of carbonyl (C=O) groups excluding carboxylic acids is 1. The Kier molecular flexibility index (Phi) is 3.47. The second-order valence-electron chi connectivity index (χ2n) is 5.01. The lowest BCUT2D eigenvalue weighted by molar-refractivity contribution is 0.0938. The summed E-state index contributed by atoms with van der Waals surface area (Å²) in [5.74, 6) is 0.653. The highest BCUT2D eigenvalue weighted by Crippen LogP contribution is 2.21. The second kappa shape index (κ2) is 5.29. The Hall–Kier alpha value is -2.21. The number of hydrogen-bond acceptors (Lipinski definition) is 4. The fraction of sp³-hybridized carbons (Fsp3) is 0.267. The van der Waals surface area contributed by atoms with Crippen molar-refractivity contribution in [3.63, 3.8) is 0 Å². The highest BCUT2D eigenvalue weighted by Gasteiger charge is 2.18. The minimum atomic E-state index is -0.213. The average molecular weight is 300 g/mol. The van der Waals surface area contributed by atoms with E-state index < -0.39 is 0 Å². The average Bonchev–Trinajstić information content (AvgIpc) is 3.01. The number of aryl methyl sites for hydroxylation is 2. The van der Waals surface area contributed by atoms with Crippen LogP contribution >= 0.6 is 11.3 Å². The number of fused-ring (bicyclic) bond motifs is 1. The van der Waals surface area contributed by atoms with Crippen molar-refractivity contribution in [2.75, 3.05) is 0 Å². The summed E-state index contributed by atoms with van der Waals surface area (Å²) in [6, 6.07) is 7.42. The fourth-order valence-electron chi connectivity index (χ4n) is 2.35. The molecule has 0 aromatic carbocycles. The summed E-state index contributed by atoms with van der Waals surface area (Å²) in [6.07, 6.45) is 1.90. The van der Waals surface area contributed by atoms with Gasteiger partial charge in [-0.1, -0.05) is 6.07 Å². The summed E-state index contributed by atoms with van der Waals surface area (Å²) < 4.78 is 1.89. The minimum Gasteiger partial charge on any atom is -0.342 e. The first-order valence-corrected chi connectivity index (χ1v) is 7.55. The van der Waals surface area contributed by atoms with E-state index in [9.17, 15) is 4.79 Å². The molecule has 5 nitrogen and oxygen atoms in total. The highest BCUT2D eigenvalue weighted by molar-refractivity contribution is 7.12. The van der Waals surface area contributed by atoms with Crippen LogP contribution in [0.2, 0.25) is 0 Å². The molecule has 1 N–H and O–H groups in total. The normalized spacial score (nSPS) is 12.5. The lowest BCUT2D eigenvalue weighted by Gasteiger charge is -2.12. The molecule has 0 aliphatic rings. The molecule has 1 unspecified atom stereocenters. The van der Waals surface area contributed by atoms with Gasteiger partial charge >= 0.3 is 0 Å². The van der Waals surface area contributed by atoms with Crippen molar-refractivity contribution in [2.45, 2.75) is 26.8 Å². The first-order valence-electron chi connectivity index (χ1n) is 6.74. The number of thiophene rings is 1. The van der Waals surface area contributed by atoms with Gasteiger partial charge in [0, 0.05) is 16.0 Å². The van der Waals surface area contributed by atoms with E-state index in [2.05, 4.69) is 15.5 Å². The van der Waals surface area contributed by atoms with E-state index in [1.54, 1.807) is 11.3 Å². The standard InChI is InChI=1S/C15H16N4OS/c1-9-8-12(11(3)21-9)15(20)16-10(2)14-18-17-13-6-4-5-7-19(13)14/h4-8,10H,1-3H3,(H,16,20). The van der Waals surface area contributed by atoms with Gasteiger partial charge in [-0.15, -0.1) is 21.5 Å². The molecule has 0 aliphatic heterocycles. The first-order chi connectivity index (χ1) is 10.1. The molecule has 6 heteroatoms. The molecule has 1 amide bonds. The monoisotopic (exact) mass is 300 g/mol. The van der Waals surface area contributed by atoms with Crippen molar-refractivity contribution >= 4 is 22.9 Å². The predicted octanol–water partition coefficient (Wildman–Crippen LogP) is 2.90. The topological polar surface area (TPSA) is 59.3 Å². The lowest BCUT2D eigenvalue weighted by Crippen LogP contribution is -2.28. The molecule has 0 bridgehead atoms. The van der Waals surface area contributed by atoms with Crippen molar-refractivity contribution in [1.82, 2.24) is 19.9 Å². The van der Waals surface area contributed by atoms with Gasteiger partial charge in [0.05, 0.1) is 11.6 Å². The highest BCUT2D eigenvalue weighted by atomic mass is 32.1. The molecule has 108 valence electrons. The van der Waals surface area contributed by atoms with Gasteiger partial charge in [0.15, 0.2) is 11.5 Å². The maximum atomic E-state index is 12.4. The van der Waals surface area contributed by atoms with Crippen molar-refractivity contribution in [2.24, 2.45) is 0 Å². The van der Waals surface area contributed by atoms with E-state index in [0.29, 0.717) is 0 Å². The molecular formula is C15H16N4OS. The molecule has 0 radical (unpaired) electrons. The van der Waals surface area contributed by atoms with Gasteiger partial charge in [0.2, 0.25) is 0 Å². The number of pyridine rings is 1. The zero-order chi connectivity index (χ0) is 15.0. The fourth-order valence-corrected chi connectivity index (χ4v) is 3.27. The van der Waals surface area contributed by atoms with Crippen LogP contribution in [0.15, 0.2) is 30.5 Å². The molecule has 3 heterocycles. The summed E-state index contributed by atoms with van der Waals surface area (Å²) in [4.78, 5) is 14.5. The van der Waals surface area contributed by atoms with Gasteiger partial charge in [-0.3, -0.25) is 9.20 Å². The van der Waals surface area contributed by atoms with Gasteiger partial charge < -0.3 is 5.32 Å². The van der Waals surface area contributed by atoms with Crippen molar-refractivity contribution in [3.8, 4) is 0 Å². The number of nitrogens with zero attached hydrogens (tertiary/aromatic N) is 3. The van der Waals surface area contributed by atoms with Crippen LogP contribution in [0.5, 0.6) is 0 Å². The zero-order valence-corrected chi connectivity index (χ0v) is 12.9. The number of aromatic nitrogens is 3. The van der Waals surface area contributed by atoms with Crippen LogP contribution in [0.3, 0.4) is 0 Å². The SMILES string of the molecule is Cc1cc(C(=O)NC(C)c2nnc3ccccn23)c(C)s1. The van der Waals surface area contributed by atoms with E-state index in [1.807, 2.05) is 55.6 Å². The van der Waals surface area contributed by atoms with Crippen molar-refractivity contribution in [1.29, 1.82) is 0 Å². The van der Waals surface area contributed by atoms with Crippen molar-refractivity contribution in [3.05, 3.63) is 51.6 Å². The molecular weight excluding hydrogens is 284 g/mol. The van der Waals surface area contributed by atoms with Crippen LogP contribution in [-0.2, 0) is 0 Å². The molecule has 21 heavy (non-hydrogen) atoms. The van der Waals surface area contributed by atoms with Crippen molar-refractivity contribution < 1.29 is 4.79 Å². The second-order valence-corrected chi connectivity index (χ2v) is 6.47. The maximum Gasteiger partial charge on any atom is 0.252 e. The smallest absolute Gasteiger partial charge is 0.252 e. The molecule has 3 aromatic rings. The first kappa shape index (κ1) is 13.8. The largest absolute Gasteiger partial charge is 0.342 e. The Labute approximate surface area is 126 Å². The van der Waals surface area contributed by atoms with E-state index in [4.69, 9.17) is 0 Å². The Morgan fingerprint density at radius 1 is 1.33 bits per heavy atom. The number of amides is 1. The molecule has 0 spiro atoms. The Balaban J connectivity index is 1.84. The molecule has 0 fully saturated rings. The number of rotatable bonds is 3. The van der Waals surface area contributed by atoms with E-state index in [1.165, 1.54) is 0 Å². The Bertz CT molecular complexity index is 805. The molecule has 3 rings (SSSR count). The van der Waals surface area contributed by atoms with E-state index >= 15 is 0 Å². The summed E-state index contributed by atoms with van der Waals surface area (Å²) >= 11 is 1.63. The third kappa shape index (κ3) is 2.54. The van der Waals surface area contributed by atoms with Crippen LogP contribution in [0.25, 0.3) is 5.65 Å². The quantitative estimate of drug-likeness (QED) is 0.809.